The lowest BCUT2D eigenvalue weighted by molar-refractivity contribution is -0.107. The van der Waals surface area contributed by atoms with Gasteiger partial charge in [-0.15, -0.1) is 0 Å². The lowest BCUT2D eigenvalue weighted by atomic mass is 10.1. The number of unbranched alkanes of at least 4 members (excludes halogenated alkanes) is 6. The highest BCUT2D eigenvalue weighted by Gasteiger charge is 2.06. The van der Waals surface area contributed by atoms with E-state index >= 15 is 0 Å². The maximum Gasteiger partial charge on any atom is 0.267 e. The Morgan fingerprint density at radius 3 is 2.07 bits per heavy atom. The van der Waals surface area contributed by atoms with E-state index in [1.165, 1.54) is 7.11 Å². The molecular weight excluding hydrogens is 216 g/mol. The molecular formula is C10H20O4S. The molecule has 0 aliphatic carbocycles. The third-order valence-electron chi connectivity index (χ3n) is 2.22. The fourth-order valence-electron chi connectivity index (χ4n) is 1.30. The molecule has 0 unspecified atom stereocenters. The van der Waals surface area contributed by atoms with Crippen molar-refractivity contribution in [3.8, 4) is 0 Å². The van der Waals surface area contributed by atoms with E-state index in [9.17, 15) is 13.2 Å². The molecule has 0 bridgehead atoms. The average Bonchev–Trinajstić information content (AvgIpc) is 2.22. The van der Waals surface area contributed by atoms with Gasteiger partial charge in [-0.3, -0.25) is 4.18 Å². The van der Waals surface area contributed by atoms with Crippen LogP contribution in [0.1, 0.15) is 44.9 Å². The molecule has 0 fully saturated rings. The number of carbonyl (C=O) groups excluding carboxylic acids is 1. The quantitative estimate of drug-likeness (QED) is 0.330. The number of hydrogen-bond donors (Lipinski definition) is 0. The van der Waals surface area contributed by atoms with E-state index < -0.39 is 10.1 Å². The maximum absolute atomic E-state index is 10.9. The summed E-state index contributed by atoms with van der Waals surface area (Å²) in [6, 6.07) is 0. The van der Waals surface area contributed by atoms with Crippen molar-refractivity contribution in [3.63, 3.8) is 0 Å². The zero-order chi connectivity index (χ0) is 11.6. The molecule has 0 heterocycles. The molecule has 5 heteroatoms. The number of hydrogen-bond acceptors (Lipinski definition) is 4. The summed E-state index contributed by atoms with van der Waals surface area (Å²) < 4.78 is 26.2. The minimum absolute atomic E-state index is 0.109. The largest absolute Gasteiger partial charge is 0.303 e. The highest BCUT2D eigenvalue weighted by molar-refractivity contribution is 7.86. The Morgan fingerprint density at radius 2 is 1.53 bits per heavy atom. The normalized spacial score (nSPS) is 11.5. The van der Waals surface area contributed by atoms with Crippen LogP contribution in [-0.2, 0) is 19.1 Å². The van der Waals surface area contributed by atoms with Crippen molar-refractivity contribution in [1.29, 1.82) is 0 Å². The van der Waals surface area contributed by atoms with Crippen molar-refractivity contribution in [2.24, 2.45) is 0 Å². The van der Waals surface area contributed by atoms with Gasteiger partial charge in [-0.2, -0.15) is 8.42 Å². The van der Waals surface area contributed by atoms with Crippen LogP contribution in [0.25, 0.3) is 0 Å². The summed E-state index contributed by atoms with van der Waals surface area (Å²) in [6.45, 7) is 0. The van der Waals surface area contributed by atoms with E-state index in [4.69, 9.17) is 0 Å². The predicted octanol–water partition coefficient (Wildman–Crippen LogP) is 1.89. The Balaban J connectivity index is 3.22. The van der Waals surface area contributed by atoms with Crippen molar-refractivity contribution < 1.29 is 17.4 Å². The van der Waals surface area contributed by atoms with Crippen LogP contribution < -0.4 is 0 Å². The molecule has 0 aromatic heterocycles. The van der Waals surface area contributed by atoms with Gasteiger partial charge in [0.2, 0.25) is 0 Å². The molecule has 0 atom stereocenters. The summed E-state index contributed by atoms with van der Waals surface area (Å²) >= 11 is 0. The van der Waals surface area contributed by atoms with Crippen LogP contribution in [0.5, 0.6) is 0 Å². The van der Waals surface area contributed by atoms with Gasteiger partial charge < -0.3 is 4.79 Å². The smallest absolute Gasteiger partial charge is 0.267 e. The topological polar surface area (TPSA) is 60.4 Å². The van der Waals surface area contributed by atoms with E-state index in [-0.39, 0.29) is 5.75 Å². The van der Waals surface area contributed by atoms with Crippen molar-refractivity contribution >= 4 is 16.4 Å². The Bertz CT molecular complexity index is 246. The van der Waals surface area contributed by atoms with Gasteiger partial charge in [-0.25, -0.2) is 0 Å². The minimum atomic E-state index is -3.27. The van der Waals surface area contributed by atoms with Crippen LogP contribution in [0.2, 0.25) is 0 Å². The first-order chi connectivity index (χ1) is 7.12. The van der Waals surface area contributed by atoms with Crippen LogP contribution >= 0.6 is 0 Å². The summed E-state index contributed by atoms with van der Waals surface area (Å²) in [4.78, 5) is 10.0. The standard InChI is InChI=1S/C10H20O4S/c1-14-15(12,13)10-8-6-4-2-3-5-7-9-11/h9H,2-8,10H2,1H3. The molecule has 0 aromatic carbocycles. The molecule has 0 aliphatic rings. The highest BCUT2D eigenvalue weighted by Crippen LogP contribution is 2.07. The van der Waals surface area contributed by atoms with Crippen molar-refractivity contribution in [2.75, 3.05) is 12.9 Å². The molecule has 0 radical (unpaired) electrons. The van der Waals surface area contributed by atoms with Gasteiger partial charge in [0, 0.05) is 6.42 Å². The van der Waals surface area contributed by atoms with Gasteiger partial charge in [-0.1, -0.05) is 25.7 Å². The van der Waals surface area contributed by atoms with Gasteiger partial charge in [-0.05, 0) is 12.8 Å². The van der Waals surface area contributed by atoms with E-state index in [0.717, 1.165) is 38.4 Å². The number of rotatable bonds is 10. The third kappa shape index (κ3) is 9.87. The molecule has 15 heavy (non-hydrogen) atoms. The summed E-state index contributed by atoms with van der Waals surface area (Å²) in [6.07, 6.45) is 7.23. The monoisotopic (exact) mass is 236 g/mol. The van der Waals surface area contributed by atoms with Crippen molar-refractivity contribution in [1.82, 2.24) is 0 Å². The zero-order valence-electron chi connectivity index (χ0n) is 9.28. The van der Waals surface area contributed by atoms with Gasteiger partial charge in [0.1, 0.15) is 6.29 Å². The SMILES string of the molecule is COS(=O)(=O)CCCCCCCCC=O. The first-order valence-electron chi connectivity index (χ1n) is 5.34. The van der Waals surface area contributed by atoms with Gasteiger partial charge in [0.15, 0.2) is 0 Å². The maximum atomic E-state index is 10.9. The lowest BCUT2D eigenvalue weighted by Crippen LogP contribution is -2.07. The molecule has 0 aromatic rings. The van der Waals surface area contributed by atoms with Crippen LogP contribution in [0.3, 0.4) is 0 Å². The molecule has 4 nitrogen and oxygen atoms in total. The lowest BCUT2D eigenvalue weighted by Gasteiger charge is -2.01. The average molecular weight is 236 g/mol. The summed E-state index contributed by atoms with van der Waals surface area (Å²) in [5, 5.41) is 0. The summed E-state index contributed by atoms with van der Waals surface area (Å²) in [5.74, 6) is 0.109. The molecule has 0 aliphatic heterocycles. The Hall–Kier alpha value is -0.420. The van der Waals surface area contributed by atoms with E-state index in [1.54, 1.807) is 0 Å². The molecule has 90 valence electrons. The molecule has 0 amide bonds. The van der Waals surface area contributed by atoms with Crippen molar-refractivity contribution in [2.45, 2.75) is 44.9 Å². The van der Waals surface area contributed by atoms with E-state index in [2.05, 4.69) is 4.18 Å². The second-order valence-electron chi connectivity index (χ2n) is 3.51. The Morgan fingerprint density at radius 1 is 1.00 bits per heavy atom. The molecule has 0 spiro atoms. The Kier molecular flexibility index (Phi) is 8.61. The van der Waals surface area contributed by atoms with Crippen LogP contribution in [0, 0.1) is 0 Å². The highest BCUT2D eigenvalue weighted by atomic mass is 32.2. The molecule has 0 N–H and O–H groups in total. The number of carbonyl (C=O) groups is 1. The molecule has 0 saturated carbocycles. The first kappa shape index (κ1) is 14.6. The van der Waals surface area contributed by atoms with Crippen LogP contribution in [0.4, 0.5) is 0 Å². The fourth-order valence-corrected chi connectivity index (χ4v) is 2.02. The summed E-state index contributed by atoms with van der Waals surface area (Å²) in [5.41, 5.74) is 0. The third-order valence-corrected chi connectivity index (χ3v) is 3.52. The number of aldehydes is 1. The fraction of sp³-hybridized carbons (Fsp3) is 0.900. The zero-order valence-corrected chi connectivity index (χ0v) is 10.1. The van der Waals surface area contributed by atoms with Crippen LogP contribution in [0.15, 0.2) is 0 Å². The van der Waals surface area contributed by atoms with Crippen LogP contribution in [-0.4, -0.2) is 27.6 Å². The van der Waals surface area contributed by atoms with Gasteiger partial charge in [0.05, 0.1) is 12.9 Å². The Labute approximate surface area is 92.1 Å². The van der Waals surface area contributed by atoms with Crippen molar-refractivity contribution in [3.05, 3.63) is 0 Å². The van der Waals surface area contributed by atoms with E-state index in [0.29, 0.717) is 12.8 Å². The molecule has 0 rings (SSSR count). The second kappa shape index (κ2) is 8.85. The predicted molar refractivity (Wildman–Crippen MR) is 59.2 cm³/mol. The first-order valence-corrected chi connectivity index (χ1v) is 6.92. The molecule has 0 saturated heterocycles. The van der Waals surface area contributed by atoms with E-state index in [1.807, 2.05) is 0 Å². The minimum Gasteiger partial charge on any atom is -0.303 e. The summed E-state index contributed by atoms with van der Waals surface area (Å²) in [7, 11) is -2.08. The second-order valence-corrected chi connectivity index (χ2v) is 5.36. The van der Waals surface area contributed by atoms with Gasteiger partial charge in [0.25, 0.3) is 10.1 Å². The van der Waals surface area contributed by atoms with Gasteiger partial charge >= 0.3 is 0 Å².